The van der Waals surface area contributed by atoms with Crippen molar-refractivity contribution >= 4 is 56.9 Å². The van der Waals surface area contributed by atoms with Crippen LogP contribution in [-0.4, -0.2) is 39.4 Å². The van der Waals surface area contributed by atoms with Crippen LogP contribution in [0.3, 0.4) is 0 Å². The minimum atomic E-state index is -0.233. The number of carbonyl (C=O) groups excluding carboxylic acids is 2. The molecule has 2 bridgehead atoms. The third-order valence-electron chi connectivity index (χ3n) is 3.53. The fourth-order valence-corrected chi connectivity index (χ4v) is 3.25. The maximum Gasteiger partial charge on any atom is 0.320 e. The van der Waals surface area contributed by atoms with Crippen molar-refractivity contribution in [3.05, 3.63) is 0 Å². The molecule has 0 radical (unpaired) electrons. The molecule has 2 saturated carbocycles. The van der Waals surface area contributed by atoms with Crippen LogP contribution in [0, 0.1) is 11.8 Å². The molecule has 2 aliphatic rings. The van der Waals surface area contributed by atoms with E-state index in [2.05, 4.69) is 45.2 Å². The lowest BCUT2D eigenvalue weighted by Gasteiger charge is -2.29. The highest BCUT2D eigenvalue weighted by atomic mass is 127. The highest BCUT2D eigenvalue weighted by Crippen LogP contribution is 2.45. The Morgan fingerprint density at radius 1 is 1.53 bits per heavy atom. The fraction of sp³-hybridized carbons (Fsp3) is 0.818. The van der Waals surface area contributed by atoms with Gasteiger partial charge in [0.25, 0.3) is 0 Å². The number of rotatable bonds is 4. The molecular weight excluding hydrogens is 450 g/mol. The Bertz CT molecular complexity index is 333. The Kier molecular flexibility index (Phi) is 4.67. The molecule has 2 fully saturated rings. The number of ketones is 1. The van der Waals surface area contributed by atoms with Crippen LogP contribution in [0.25, 0.3) is 0 Å². The second-order valence-corrected chi connectivity index (χ2v) is 6.88. The zero-order valence-corrected chi connectivity index (χ0v) is 13.7. The van der Waals surface area contributed by atoms with Gasteiger partial charge in [-0.2, -0.15) is 0 Å². The van der Waals surface area contributed by atoms with Crippen molar-refractivity contribution in [3.63, 3.8) is 0 Å². The first-order valence-electron chi connectivity index (χ1n) is 5.54. The summed E-state index contributed by atoms with van der Waals surface area (Å²) in [5.74, 6) is 0.176. The number of fused-ring (bicyclic) bond motifs is 2. The Hall–Kier alpha value is 0.560. The van der Waals surface area contributed by atoms with E-state index in [1.807, 2.05) is 0 Å². The van der Waals surface area contributed by atoms with E-state index in [1.165, 1.54) is 0 Å². The smallest absolute Gasteiger partial charge is 0.320 e. The van der Waals surface area contributed by atoms with Gasteiger partial charge in [0.2, 0.25) is 0 Å². The number of ether oxygens (including phenoxy) is 2. The van der Waals surface area contributed by atoms with Crippen LogP contribution in [-0.2, 0) is 19.1 Å². The second-order valence-electron chi connectivity index (χ2n) is 4.50. The number of halogens is 2. The predicted molar refractivity (Wildman–Crippen MR) is 78.6 cm³/mol. The second kappa shape index (κ2) is 5.68. The quantitative estimate of drug-likeness (QED) is 0.362. The molecule has 2 rings (SSSR count). The average molecular weight is 464 g/mol. The number of Topliss-reactive ketones (excluding diaryl/α,β-unsaturated/α-hetero) is 1. The van der Waals surface area contributed by atoms with Gasteiger partial charge >= 0.3 is 5.97 Å². The molecule has 2 aliphatic carbocycles. The molecule has 5 atom stereocenters. The van der Waals surface area contributed by atoms with Crippen molar-refractivity contribution in [2.75, 3.05) is 11.5 Å². The summed E-state index contributed by atoms with van der Waals surface area (Å²) in [5.41, 5.74) is 0. The van der Waals surface area contributed by atoms with E-state index in [0.29, 0.717) is 6.42 Å². The first kappa shape index (κ1) is 14.0. The van der Waals surface area contributed by atoms with Crippen molar-refractivity contribution < 1.29 is 19.1 Å². The fourth-order valence-electron chi connectivity index (χ4n) is 2.75. The van der Waals surface area contributed by atoms with E-state index in [-0.39, 0.29) is 39.7 Å². The summed E-state index contributed by atoms with van der Waals surface area (Å²) < 4.78 is 11.5. The lowest BCUT2D eigenvalue weighted by molar-refractivity contribution is -0.161. The maximum absolute atomic E-state index is 11.8. The number of methoxy groups -OCH3 is 1. The Labute approximate surface area is 127 Å². The van der Waals surface area contributed by atoms with Crippen molar-refractivity contribution in [1.82, 2.24) is 0 Å². The van der Waals surface area contributed by atoms with Gasteiger partial charge in [-0.15, -0.1) is 0 Å². The Morgan fingerprint density at radius 2 is 2.24 bits per heavy atom. The largest absolute Gasteiger partial charge is 0.458 e. The predicted octanol–water partition coefficient (Wildman–Crippen LogP) is 1.76. The number of alkyl halides is 2. The van der Waals surface area contributed by atoms with Gasteiger partial charge in [0, 0.05) is 29.8 Å². The van der Waals surface area contributed by atoms with E-state index in [1.54, 1.807) is 7.11 Å². The summed E-state index contributed by atoms with van der Waals surface area (Å²) in [6.45, 7) is 0. The van der Waals surface area contributed by atoms with E-state index < -0.39 is 0 Å². The minimum Gasteiger partial charge on any atom is -0.458 e. The third kappa shape index (κ3) is 2.63. The van der Waals surface area contributed by atoms with Gasteiger partial charge in [-0.05, 0) is 6.42 Å². The van der Waals surface area contributed by atoms with Gasteiger partial charge in [-0.1, -0.05) is 45.2 Å². The molecule has 0 spiro atoms. The summed E-state index contributed by atoms with van der Waals surface area (Å²) in [6.07, 6.45) is 0.891. The topological polar surface area (TPSA) is 52.6 Å². The molecule has 0 aromatic heterocycles. The minimum absolute atomic E-state index is 0.0601. The molecule has 0 aromatic carbocycles. The van der Waals surface area contributed by atoms with Crippen LogP contribution in [0.15, 0.2) is 0 Å². The zero-order chi connectivity index (χ0) is 12.6. The Morgan fingerprint density at radius 3 is 2.82 bits per heavy atom. The van der Waals surface area contributed by atoms with Crippen molar-refractivity contribution in [2.45, 2.75) is 29.0 Å². The summed E-state index contributed by atoms with van der Waals surface area (Å²) >= 11 is 4.24. The first-order chi connectivity index (χ1) is 8.08. The maximum atomic E-state index is 11.8. The molecule has 0 aliphatic heterocycles. The third-order valence-corrected chi connectivity index (χ3v) is 7.05. The SMILES string of the molecule is COC1C2CC(CC2=O)C1OC(=O)C(I)CI. The van der Waals surface area contributed by atoms with Gasteiger partial charge in [-0.25, -0.2) is 0 Å². The van der Waals surface area contributed by atoms with Crippen LogP contribution in [0.2, 0.25) is 0 Å². The van der Waals surface area contributed by atoms with Crippen LogP contribution in [0.5, 0.6) is 0 Å². The molecule has 0 saturated heterocycles. The van der Waals surface area contributed by atoms with Gasteiger partial charge in [-0.3, -0.25) is 9.59 Å². The van der Waals surface area contributed by atoms with Crippen LogP contribution >= 0.6 is 45.2 Å². The number of carbonyl (C=O) groups is 2. The summed E-state index contributed by atoms with van der Waals surface area (Å²) in [5, 5.41) is 0. The highest BCUT2D eigenvalue weighted by molar-refractivity contribution is 14.1. The highest BCUT2D eigenvalue weighted by Gasteiger charge is 2.54. The molecule has 6 heteroatoms. The van der Waals surface area contributed by atoms with Crippen molar-refractivity contribution in [3.8, 4) is 0 Å². The van der Waals surface area contributed by atoms with Crippen molar-refractivity contribution in [1.29, 1.82) is 0 Å². The molecule has 0 N–H and O–H groups in total. The van der Waals surface area contributed by atoms with Crippen LogP contribution in [0.1, 0.15) is 12.8 Å². The molecule has 17 heavy (non-hydrogen) atoms. The van der Waals surface area contributed by atoms with E-state index in [9.17, 15) is 9.59 Å². The molecule has 96 valence electrons. The van der Waals surface area contributed by atoms with E-state index in [0.717, 1.165) is 10.8 Å². The standard InChI is InChI=1S/C11H14I2O4/c1-16-10-6-2-5(3-8(6)14)9(10)17-11(15)7(13)4-12/h5-7,9-10H,2-4H2,1H3. The number of hydrogen-bond acceptors (Lipinski definition) is 4. The van der Waals surface area contributed by atoms with Crippen molar-refractivity contribution in [2.24, 2.45) is 11.8 Å². The normalized spacial score (nSPS) is 37.2. The Balaban J connectivity index is 2.02. The molecule has 0 aromatic rings. The summed E-state index contributed by atoms with van der Waals surface area (Å²) in [7, 11) is 1.58. The number of hydrogen-bond donors (Lipinski definition) is 0. The van der Waals surface area contributed by atoms with E-state index >= 15 is 0 Å². The van der Waals surface area contributed by atoms with Gasteiger partial charge in [0.05, 0.1) is 0 Å². The van der Waals surface area contributed by atoms with Gasteiger partial charge in [0.1, 0.15) is 21.9 Å². The summed E-state index contributed by atoms with van der Waals surface area (Å²) in [6, 6.07) is 0. The van der Waals surface area contributed by atoms with Gasteiger partial charge < -0.3 is 9.47 Å². The zero-order valence-electron chi connectivity index (χ0n) is 9.40. The molecule has 0 heterocycles. The first-order valence-corrected chi connectivity index (χ1v) is 8.31. The molecular formula is C11H14I2O4. The van der Waals surface area contributed by atoms with Gasteiger partial charge in [0.15, 0.2) is 0 Å². The summed E-state index contributed by atoms with van der Waals surface area (Å²) in [4.78, 5) is 23.4. The molecule has 4 nitrogen and oxygen atoms in total. The lowest BCUT2D eigenvalue weighted by atomic mass is 9.93. The van der Waals surface area contributed by atoms with E-state index in [4.69, 9.17) is 9.47 Å². The van der Waals surface area contributed by atoms with Crippen LogP contribution in [0.4, 0.5) is 0 Å². The monoisotopic (exact) mass is 464 g/mol. The van der Waals surface area contributed by atoms with Crippen LogP contribution < -0.4 is 0 Å². The number of esters is 1. The average Bonchev–Trinajstić information content (AvgIpc) is 2.84. The molecule has 5 unspecified atom stereocenters. The lowest BCUT2D eigenvalue weighted by Crippen LogP contribution is -2.42. The molecule has 0 amide bonds.